The SMILES string of the molecule is O=c1c(=Cc2ccc(-c3cccc([N+](=O)[O-])c3)o2)sc2nc(-c3ccncc3)nn12. The van der Waals surface area contributed by atoms with Crippen LogP contribution in [0.5, 0.6) is 0 Å². The van der Waals surface area contributed by atoms with Crippen molar-refractivity contribution in [3.8, 4) is 22.7 Å². The quantitative estimate of drug-likeness (QED) is 0.326. The highest BCUT2D eigenvalue weighted by atomic mass is 32.1. The molecule has 0 saturated heterocycles. The third-order valence-corrected chi connectivity index (χ3v) is 5.32. The molecule has 0 aliphatic rings. The number of fused-ring (bicyclic) bond motifs is 1. The number of nitrogens with zero attached hydrogens (tertiary/aromatic N) is 5. The highest BCUT2D eigenvalue weighted by Crippen LogP contribution is 2.26. The zero-order valence-electron chi connectivity index (χ0n) is 15.1. The van der Waals surface area contributed by atoms with Gasteiger partial charge in [-0.25, -0.2) is 0 Å². The molecule has 0 aliphatic heterocycles. The first kappa shape index (κ1) is 17.9. The Labute approximate surface area is 171 Å². The maximum Gasteiger partial charge on any atom is 0.291 e. The van der Waals surface area contributed by atoms with E-state index in [0.717, 1.165) is 5.56 Å². The van der Waals surface area contributed by atoms with Crippen molar-refractivity contribution in [2.24, 2.45) is 0 Å². The third-order valence-electron chi connectivity index (χ3n) is 4.36. The second-order valence-corrected chi connectivity index (χ2v) is 7.30. The Balaban J connectivity index is 1.51. The summed E-state index contributed by atoms with van der Waals surface area (Å²) in [7, 11) is 0. The van der Waals surface area contributed by atoms with Gasteiger partial charge < -0.3 is 4.42 Å². The van der Waals surface area contributed by atoms with Crippen molar-refractivity contribution in [3.63, 3.8) is 0 Å². The summed E-state index contributed by atoms with van der Waals surface area (Å²) in [4.78, 5) is 32.0. The molecule has 0 spiro atoms. The molecule has 0 fully saturated rings. The Hall–Kier alpha value is -4.18. The number of thiazole rings is 1. The maximum absolute atomic E-state index is 12.7. The summed E-state index contributed by atoms with van der Waals surface area (Å²) in [5, 5.41) is 15.2. The lowest BCUT2D eigenvalue weighted by Gasteiger charge is -1.96. The van der Waals surface area contributed by atoms with Gasteiger partial charge in [-0.05, 0) is 24.3 Å². The first-order chi connectivity index (χ1) is 14.6. The molecule has 30 heavy (non-hydrogen) atoms. The van der Waals surface area contributed by atoms with Gasteiger partial charge in [0.05, 0.1) is 4.92 Å². The number of nitro groups is 1. The van der Waals surface area contributed by atoms with Crippen LogP contribution < -0.4 is 10.1 Å². The number of hydrogen-bond acceptors (Lipinski definition) is 8. The molecule has 0 amide bonds. The summed E-state index contributed by atoms with van der Waals surface area (Å²) in [5.74, 6) is 1.38. The summed E-state index contributed by atoms with van der Waals surface area (Å²) < 4.78 is 7.44. The minimum atomic E-state index is -0.460. The number of benzene rings is 1. The summed E-state index contributed by atoms with van der Waals surface area (Å²) in [6.45, 7) is 0. The number of rotatable bonds is 4. The summed E-state index contributed by atoms with van der Waals surface area (Å²) in [5.41, 5.74) is 1.04. The van der Waals surface area contributed by atoms with Crippen LogP contribution in [-0.2, 0) is 0 Å². The number of non-ortho nitro benzene ring substituents is 1. The molecule has 5 rings (SSSR count). The van der Waals surface area contributed by atoms with E-state index in [2.05, 4.69) is 15.1 Å². The van der Waals surface area contributed by atoms with Gasteiger partial charge in [0, 0.05) is 41.7 Å². The van der Waals surface area contributed by atoms with Crippen molar-refractivity contribution in [2.75, 3.05) is 0 Å². The van der Waals surface area contributed by atoms with E-state index in [1.807, 2.05) is 0 Å². The van der Waals surface area contributed by atoms with Gasteiger partial charge in [0.25, 0.3) is 11.2 Å². The van der Waals surface area contributed by atoms with Gasteiger partial charge in [0.15, 0.2) is 5.82 Å². The Bertz CT molecular complexity index is 1500. The number of nitro benzene ring substituents is 1. The van der Waals surface area contributed by atoms with Crippen LogP contribution in [0.1, 0.15) is 5.76 Å². The van der Waals surface area contributed by atoms with Crippen molar-refractivity contribution in [2.45, 2.75) is 0 Å². The number of pyridine rings is 1. The Morgan fingerprint density at radius 3 is 2.70 bits per heavy atom. The minimum Gasteiger partial charge on any atom is -0.457 e. The Kier molecular flexibility index (Phi) is 4.18. The van der Waals surface area contributed by atoms with E-state index in [1.54, 1.807) is 54.9 Å². The predicted molar refractivity (Wildman–Crippen MR) is 110 cm³/mol. The molecule has 0 bridgehead atoms. The normalized spacial score (nSPS) is 11.9. The number of aromatic nitrogens is 4. The molecular formula is C20H11N5O4S. The van der Waals surface area contributed by atoms with Crippen LogP contribution in [0, 0.1) is 10.1 Å². The van der Waals surface area contributed by atoms with Gasteiger partial charge in [0.1, 0.15) is 16.1 Å². The zero-order chi connectivity index (χ0) is 20.7. The van der Waals surface area contributed by atoms with E-state index in [-0.39, 0.29) is 11.2 Å². The largest absolute Gasteiger partial charge is 0.457 e. The minimum absolute atomic E-state index is 0.0215. The number of hydrogen-bond donors (Lipinski definition) is 0. The van der Waals surface area contributed by atoms with E-state index >= 15 is 0 Å². The van der Waals surface area contributed by atoms with E-state index in [1.165, 1.54) is 28.0 Å². The van der Waals surface area contributed by atoms with Crippen LogP contribution in [0.2, 0.25) is 0 Å². The average Bonchev–Trinajstić information content (AvgIpc) is 3.47. The fourth-order valence-electron chi connectivity index (χ4n) is 2.94. The first-order valence-electron chi connectivity index (χ1n) is 8.75. The fourth-order valence-corrected chi connectivity index (χ4v) is 3.83. The van der Waals surface area contributed by atoms with Crippen molar-refractivity contribution in [3.05, 3.63) is 91.7 Å². The molecule has 0 N–H and O–H groups in total. The number of furan rings is 1. The molecule has 0 atom stereocenters. The second kappa shape index (κ2) is 7.01. The molecule has 0 saturated carbocycles. The molecule has 0 aliphatic carbocycles. The second-order valence-electron chi connectivity index (χ2n) is 6.29. The summed E-state index contributed by atoms with van der Waals surface area (Å²) in [6.07, 6.45) is 4.88. The molecule has 1 aromatic carbocycles. The van der Waals surface area contributed by atoms with Gasteiger partial charge in [-0.15, -0.1) is 5.10 Å². The summed E-state index contributed by atoms with van der Waals surface area (Å²) in [6, 6.07) is 13.1. The van der Waals surface area contributed by atoms with E-state index < -0.39 is 4.92 Å². The van der Waals surface area contributed by atoms with Gasteiger partial charge in [-0.1, -0.05) is 23.5 Å². The standard InChI is InChI=1S/C20H11N5O4S/c26-19-17(30-20-22-18(23-24(19)20)12-6-8-21-9-7-12)11-15-4-5-16(29-15)13-2-1-3-14(10-13)25(27)28/h1-11H. The van der Waals surface area contributed by atoms with Gasteiger partial charge in [-0.2, -0.15) is 9.50 Å². The average molecular weight is 417 g/mol. The smallest absolute Gasteiger partial charge is 0.291 e. The highest BCUT2D eigenvalue weighted by molar-refractivity contribution is 7.15. The molecule has 0 radical (unpaired) electrons. The molecular weight excluding hydrogens is 406 g/mol. The molecule has 9 nitrogen and oxygen atoms in total. The monoisotopic (exact) mass is 417 g/mol. The molecule has 4 aromatic heterocycles. The molecule has 5 aromatic rings. The van der Waals surface area contributed by atoms with Crippen LogP contribution in [-0.4, -0.2) is 24.5 Å². The van der Waals surface area contributed by atoms with Crippen LogP contribution in [0.3, 0.4) is 0 Å². The lowest BCUT2D eigenvalue weighted by molar-refractivity contribution is -0.384. The van der Waals surface area contributed by atoms with Gasteiger partial charge in [0.2, 0.25) is 4.96 Å². The van der Waals surface area contributed by atoms with Crippen molar-refractivity contribution in [1.82, 2.24) is 19.6 Å². The van der Waals surface area contributed by atoms with Crippen molar-refractivity contribution >= 4 is 28.1 Å². The van der Waals surface area contributed by atoms with E-state index in [0.29, 0.717) is 32.4 Å². The topological polar surface area (TPSA) is 116 Å². The maximum atomic E-state index is 12.7. The van der Waals surface area contributed by atoms with Crippen molar-refractivity contribution in [1.29, 1.82) is 0 Å². The molecule has 10 heteroatoms. The van der Waals surface area contributed by atoms with Crippen LogP contribution >= 0.6 is 11.3 Å². The lowest BCUT2D eigenvalue weighted by Crippen LogP contribution is -2.23. The van der Waals surface area contributed by atoms with Gasteiger partial charge in [-0.3, -0.25) is 19.9 Å². The predicted octanol–water partition coefficient (Wildman–Crippen LogP) is 2.93. The lowest BCUT2D eigenvalue weighted by atomic mass is 10.1. The summed E-state index contributed by atoms with van der Waals surface area (Å²) >= 11 is 1.20. The molecule has 4 heterocycles. The molecule has 0 unspecified atom stereocenters. The van der Waals surface area contributed by atoms with Crippen LogP contribution in [0.4, 0.5) is 5.69 Å². The van der Waals surface area contributed by atoms with E-state index in [9.17, 15) is 14.9 Å². The van der Waals surface area contributed by atoms with Crippen molar-refractivity contribution < 1.29 is 9.34 Å². The Morgan fingerprint density at radius 1 is 1.10 bits per heavy atom. The highest BCUT2D eigenvalue weighted by Gasteiger charge is 2.13. The zero-order valence-corrected chi connectivity index (χ0v) is 15.9. The van der Waals surface area contributed by atoms with Crippen LogP contribution in [0.15, 0.2) is 70.1 Å². The first-order valence-corrected chi connectivity index (χ1v) is 9.56. The van der Waals surface area contributed by atoms with Crippen LogP contribution in [0.25, 0.3) is 33.7 Å². The fraction of sp³-hybridized carbons (Fsp3) is 0. The third kappa shape index (κ3) is 3.14. The molecule has 146 valence electrons. The van der Waals surface area contributed by atoms with E-state index in [4.69, 9.17) is 4.42 Å². The Morgan fingerprint density at radius 2 is 1.93 bits per heavy atom. The van der Waals surface area contributed by atoms with Gasteiger partial charge >= 0.3 is 0 Å².